The van der Waals surface area contributed by atoms with Crippen molar-refractivity contribution in [3.63, 3.8) is 0 Å². The van der Waals surface area contributed by atoms with Gasteiger partial charge in [0.15, 0.2) is 17.3 Å². The van der Waals surface area contributed by atoms with Crippen molar-refractivity contribution in [3.8, 4) is 23.1 Å². The van der Waals surface area contributed by atoms with Crippen LogP contribution < -0.4 is 25.7 Å². The maximum Gasteiger partial charge on any atom is 0.231 e. The highest BCUT2D eigenvalue weighted by Crippen LogP contribution is 2.36. The van der Waals surface area contributed by atoms with Gasteiger partial charge in [-0.3, -0.25) is 0 Å². The molecule has 0 aliphatic carbocycles. The van der Waals surface area contributed by atoms with Crippen LogP contribution in [0.3, 0.4) is 0 Å². The lowest BCUT2D eigenvalue weighted by Gasteiger charge is -2.07. The summed E-state index contributed by atoms with van der Waals surface area (Å²) in [4.78, 5) is 4.02. The van der Waals surface area contributed by atoms with Crippen molar-refractivity contribution in [3.05, 3.63) is 30.3 Å². The Balaban J connectivity index is 1.85. The second-order valence-electron chi connectivity index (χ2n) is 3.74. The molecule has 0 saturated heterocycles. The molecule has 0 amide bonds. The van der Waals surface area contributed by atoms with Crippen LogP contribution >= 0.6 is 0 Å². The van der Waals surface area contributed by atoms with Gasteiger partial charge in [0.2, 0.25) is 12.7 Å². The number of nitrogens with two attached hydrogens (primary N) is 2. The molecule has 3 rings (SSSR count). The second-order valence-corrected chi connectivity index (χ2v) is 3.74. The summed E-state index contributed by atoms with van der Waals surface area (Å²) in [5, 5.41) is 0. The van der Waals surface area contributed by atoms with Crippen LogP contribution in [-0.2, 0) is 0 Å². The van der Waals surface area contributed by atoms with Gasteiger partial charge in [0, 0.05) is 12.1 Å². The van der Waals surface area contributed by atoms with Gasteiger partial charge in [-0.2, -0.15) is 4.98 Å². The Kier molecular flexibility index (Phi) is 2.33. The maximum atomic E-state index is 5.60. The quantitative estimate of drug-likeness (QED) is 0.837. The van der Waals surface area contributed by atoms with Crippen LogP contribution in [0.15, 0.2) is 30.3 Å². The van der Waals surface area contributed by atoms with Crippen molar-refractivity contribution in [2.75, 3.05) is 18.3 Å². The number of ether oxygens (including phenoxy) is 3. The molecule has 18 heavy (non-hydrogen) atoms. The molecule has 0 saturated carbocycles. The van der Waals surface area contributed by atoms with Crippen LogP contribution in [0.2, 0.25) is 0 Å². The minimum Gasteiger partial charge on any atom is -0.454 e. The third kappa shape index (κ3) is 1.84. The Morgan fingerprint density at radius 3 is 2.72 bits per heavy atom. The first-order chi connectivity index (χ1) is 8.72. The molecule has 2 heterocycles. The fourth-order valence-electron chi connectivity index (χ4n) is 1.58. The highest BCUT2D eigenvalue weighted by Gasteiger charge is 2.14. The average Bonchev–Trinajstić information content (AvgIpc) is 2.81. The van der Waals surface area contributed by atoms with E-state index < -0.39 is 0 Å². The van der Waals surface area contributed by atoms with E-state index in [-0.39, 0.29) is 12.6 Å². The van der Waals surface area contributed by atoms with Crippen molar-refractivity contribution in [1.29, 1.82) is 0 Å². The molecule has 6 nitrogen and oxygen atoms in total. The minimum atomic E-state index is 0.228. The molecule has 0 spiro atoms. The van der Waals surface area contributed by atoms with E-state index in [9.17, 15) is 0 Å². The average molecular weight is 245 g/mol. The van der Waals surface area contributed by atoms with Gasteiger partial charge in [-0.25, -0.2) is 0 Å². The summed E-state index contributed by atoms with van der Waals surface area (Å²) >= 11 is 0. The summed E-state index contributed by atoms with van der Waals surface area (Å²) in [5.41, 5.74) is 11.6. The number of benzene rings is 1. The van der Waals surface area contributed by atoms with E-state index in [1.165, 1.54) is 0 Å². The molecule has 6 heteroatoms. The number of anilines is 2. The summed E-state index contributed by atoms with van der Waals surface area (Å²) < 4.78 is 16.0. The molecule has 1 aromatic carbocycles. The lowest BCUT2D eigenvalue weighted by atomic mass is 10.3. The molecule has 0 bridgehead atoms. The van der Waals surface area contributed by atoms with Crippen molar-refractivity contribution >= 4 is 11.5 Å². The number of rotatable bonds is 2. The molecule has 1 aliphatic rings. The fraction of sp³-hybridized carbons (Fsp3) is 0.0833. The highest BCUT2D eigenvalue weighted by atomic mass is 16.7. The molecule has 0 atom stereocenters. The van der Waals surface area contributed by atoms with Gasteiger partial charge in [-0.15, -0.1) is 0 Å². The van der Waals surface area contributed by atoms with Gasteiger partial charge in [0.05, 0.1) is 5.69 Å². The number of aromatic nitrogens is 1. The second kappa shape index (κ2) is 3.99. The first-order valence-electron chi connectivity index (χ1n) is 5.32. The summed E-state index contributed by atoms with van der Waals surface area (Å²) in [6.07, 6.45) is 0. The number of nitrogens with zero attached hydrogens (tertiary/aromatic N) is 1. The largest absolute Gasteiger partial charge is 0.454 e. The van der Waals surface area contributed by atoms with E-state index >= 15 is 0 Å². The summed E-state index contributed by atoms with van der Waals surface area (Å²) in [6, 6.07) is 8.57. The van der Waals surface area contributed by atoms with Gasteiger partial charge in [0.1, 0.15) is 5.75 Å². The molecule has 92 valence electrons. The third-order valence-electron chi connectivity index (χ3n) is 2.50. The summed E-state index contributed by atoms with van der Waals surface area (Å²) in [7, 11) is 0. The first-order valence-corrected chi connectivity index (χ1v) is 5.32. The Bertz CT molecular complexity index is 601. The van der Waals surface area contributed by atoms with Gasteiger partial charge >= 0.3 is 0 Å². The Morgan fingerprint density at radius 1 is 1.06 bits per heavy atom. The van der Waals surface area contributed by atoms with Crippen molar-refractivity contribution in [2.45, 2.75) is 0 Å². The minimum absolute atomic E-state index is 0.228. The van der Waals surface area contributed by atoms with Gasteiger partial charge in [-0.05, 0) is 18.2 Å². The number of hydrogen-bond donors (Lipinski definition) is 2. The smallest absolute Gasteiger partial charge is 0.231 e. The first kappa shape index (κ1) is 10.5. The molecule has 0 fully saturated rings. The standard InChI is InChI=1S/C12H11N3O3/c13-8-2-4-11(15-12(8)14)18-7-1-3-9-10(5-7)17-6-16-9/h1-5H,6,13H2,(H2,14,15). The lowest BCUT2D eigenvalue weighted by Crippen LogP contribution is -1.98. The van der Waals surface area contributed by atoms with Crippen molar-refractivity contribution in [1.82, 2.24) is 4.98 Å². The molecular formula is C12H11N3O3. The van der Waals surface area contributed by atoms with Crippen LogP contribution in [0.5, 0.6) is 23.1 Å². The molecule has 0 radical (unpaired) electrons. The van der Waals surface area contributed by atoms with Crippen molar-refractivity contribution < 1.29 is 14.2 Å². The molecule has 1 aromatic heterocycles. The summed E-state index contributed by atoms with van der Waals surface area (Å²) in [5.74, 6) is 2.56. The van der Waals surface area contributed by atoms with Crippen LogP contribution in [-0.4, -0.2) is 11.8 Å². The van der Waals surface area contributed by atoms with Gasteiger partial charge in [-0.1, -0.05) is 0 Å². The SMILES string of the molecule is Nc1ccc(Oc2ccc3c(c2)OCO3)nc1N. The molecule has 0 unspecified atom stereocenters. The zero-order chi connectivity index (χ0) is 12.5. The number of pyridine rings is 1. The fourth-order valence-corrected chi connectivity index (χ4v) is 1.58. The van der Waals surface area contributed by atoms with Gasteiger partial charge in [0.25, 0.3) is 0 Å². The highest BCUT2D eigenvalue weighted by molar-refractivity contribution is 5.59. The van der Waals surface area contributed by atoms with Crippen LogP contribution in [0.4, 0.5) is 11.5 Å². The monoisotopic (exact) mass is 245 g/mol. The van der Waals surface area contributed by atoms with Crippen LogP contribution in [0, 0.1) is 0 Å². The van der Waals surface area contributed by atoms with Crippen molar-refractivity contribution in [2.24, 2.45) is 0 Å². The predicted octanol–water partition coefficient (Wildman–Crippen LogP) is 1.77. The Hall–Kier alpha value is -2.63. The zero-order valence-electron chi connectivity index (χ0n) is 9.42. The zero-order valence-corrected chi connectivity index (χ0v) is 9.42. The number of nitrogen functional groups attached to an aromatic ring is 2. The predicted molar refractivity (Wildman–Crippen MR) is 65.7 cm³/mol. The van der Waals surface area contributed by atoms with E-state index in [0.717, 1.165) is 0 Å². The van der Waals surface area contributed by atoms with Gasteiger partial charge < -0.3 is 25.7 Å². The number of fused-ring (bicyclic) bond motifs is 1. The third-order valence-corrected chi connectivity index (χ3v) is 2.50. The summed E-state index contributed by atoms with van der Waals surface area (Å²) in [6.45, 7) is 0.228. The molecule has 4 N–H and O–H groups in total. The van der Waals surface area contributed by atoms with E-state index in [1.807, 2.05) is 0 Å². The van der Waals surface area contributed by atoms with Crippen LogP contribution in [0.1, 0.15) is 0 Å². The molecule has 1 aliphatic heterocycles. The normalized spacial score (nSPS) is 12.4. The van der Waals surface area contributed by atoms with E-state index in [4.69, 9.17) is 25.7 Å². The molecular weight excluding hydrogens is 234 g/mol. The topological polar surface area (TPSA) is 92.6 Å². The Labute approximate surface area is 103 Å². The van der Waals surface area contributed by atoms with E-state index in [2.05, 4.69) is 4.98 Å². The van der Waals surface area contributed by atoms with E-state index in [1.54, 1.807) is 30.3 Å². The maximum absolute atomic E-state index is 5.60. The lowest BCUT2D eigenvalue weighted by molar-refractivity contribution is 0.174. The Morgan fingerprint density at radius 2 is 1.89 bits per heavy atom. The van der Waals surface area contributed by atoms with Crippen LogP contribution in [0.25, 0.3) is 0 Å². The number of hydrogen-bond acceptors (Lipinski definition) is 6. The van der Waals surface area contributed by atoms with E-state index in [0.29, 0.717) is 28.8 Å². The molecule has 2 aromatic rings.